The van der Waals surface area contributed by atoms with E-state index >= 15 is 0 Å². The quantitative estimate of drug-likeness (QED) is 0.182. The van der Waals surface area contributed by atoms with Crippen LogP contribution in [0.2, 0.25) is 0 Å². The van der Waals surface area contributed by atoms with E-state index in [1.165, 1.54) is 27.3 Å². The molecule has 0 aliphatic heterocycles. The van der Waals surface area contributed by atoms with Gasteiger partial charge in [-0.3, -0.25) is 0 Å². The maximum absolute atomic E-state index is 6.53. The first kappa shape index (κ1) is 29.6. The molecule has 9 aromatic carbocycles. The second-order valence-electron chi connectivity index (χ2n) is 13.7. The maximum atomic E-state index is 6.53. The molecule has 0 aliphatic carbocycles. The summed E-state index contributed by atoms with van der Waals surface area (Å²) < 4.78 is 12.9. The summed E-state index contributed by atoms with van der Waals surface area (Å²) in [6.45, 7) is 0. The van der Waals surface area contributed by atoms with E-state index in [-0.39, 0.29) is 0 Å². The summed E-state index contributed by atoms with van der Waals surface area (Å²) in [5.74, 6) is 0. The highest BCUT2D eigenvalue weighted by Gasteiger charge is 2.20. The molecule has 0 radical (unpaired) electrons. The molecule has 0 spiro atoms. The van der Waals surface area contributed by atoms with E-state index in [1.807, 2.05) is 18.2 Å². The fourth-order valence-electron chi connectivity index (χ4n) is 8.09. The molecule has 0 saturated carbocycles. The van der Waals surface area contributed by atoms with Gasteiger partial charge in [0.2, 0.25) is 0 Å². The number of fused-ring (bicyclic) bond motifs is 9. The molecule has 53 heavy (non-hydrogen) atoms. The third-order valence-electron chi connectivity index (χ3n) is 10.6. The van der Waals surface area contributed by atoms with Crippen molar-refractivity contribution in [1.29, 1.82) is 0 Å². The van der Waals surface area contributed by atoms with Crippen LogP contribution in [-0.4, -0.2) is 0 Å². The second kappa shape index (κ2) is 11.7. The Morgan fingerprint density at radius 1 is 0.302 bits per heavy atom. The summed E-state index contributed by atoms with van der Waals surface area (Å²) in [7, 11) is 0. The van der Waals surface area contributed by atoms with E-state index in [9.17, 15) is 0 Å². The SMILES string of the molecule is c1ccc(-c2cc3oc4ccccc4c3c3cc(N(c4ccc(-c5ccc6ccccc6c5)cc4)c4ccc5c(c4)oc4ccccc45)ccc23)cc1. The van der Waals surface area contributed by atoms with Crippen molar-refractivity contribution in [2.75, 3.05) is 4.90 Å². The molecule has 11 aromatic rings. The van der Waals surface area contributed by atoms with E-state index in [4.69, 9.17) is 8.83 Å². The minimum Gasteiger partial charge on any atom is -0.456 e. The minimum atomic E-state index is 0.858. The molecule has 3 nitrogen and oxygen atoms in total. The van der Waals surface area contributed by atoms with Gasteiger partial charge in [-0.1, -0.05) is 121 Å². The Morgan fingerprint density at radius 2 is 0.906 bits per heavy atom. The summed E-state index contributed by atoms with van der Waals surface area (Å²) in [6, 6.07) is 66.8. The molecule has 11 rings (SSSR count). The van der Waals surface area contributed by atoms with Crippen molar-refractivity contribution >= 4 is 82.5 Å². The van der Waals surface area contributed by atoms with Gasteiger partial charge in [0.25, 0.3) is 0 Å². The lowest BCUT2D eigenvalue weighted by molar-refractivity contribution is 0.669. The largest absolute Gasteiger partial charge is 0.456 e. The molecular formula is C50H31NO2. The van der Waals surface area contributed by atoms with Crippen LogP contribution in [-0.2, 0) is 0 Å². The van der Waals surface area contributed by atoms with Crippen LogP contribution < -0.4 is 4.90 Å². The molecule has 0 bridgehead atoms. The van der Waals surface area contributed by atoms with Gasteiger partial charge in [0.15, 0.2) is 0 Å². The smallest absolute Gasteiger partial charge is 0.137 e. The van der Waals surface area contributed by atoms with E-state index in [2.05, 4.69) is 175 Å². The van der Waals surface area contributed by atoms with Gasteiger partial charge in [0.05, 0.1) is 0 Å². The van der Waals surface area contributed by atoms with Gasteiger partial charge in [0, 0.05) is 44.7 Å². The van der Waals surface area contributed by atoms with Crippen LogP contribution in [0.15, 0.2) is 197 Å². The summed E-state index contributed by atoms with van der Waals surface area (Å²) in [5.41, 5.74) is 11.3. The van der Waals surface area contributed by atoms with Crippen molar-refractivity contribution < 1.29 is 8.83 Å². The molecule has 0 atom stereocenters. The lowest BCUT2D eigenvalue weighted by Gasteiger charge is -2.26. The fraction of sp³-hybridized carbons (Fsp3) is 0. The highest BCUT2D eigenvalue weighted by Crippen LogP contribution is 2.45. The average Bonchev–Trinajstić information content (AvgIpc) is 3.79. The molecule has 0 N–H and O–H groups in total. The summed E-state index contributed by atoms with van der Waals surface area (Å²) in [6.07, 6.45) is 0. The third kappa shape index (κ3) is 4.82. The van der Waals surface area contributed by atoms with Crippen LogP contribution in [0.4, 0.5) is 17.1 Å². The monoisotopic (exact) mass is 677 g/mol. The zero-order valence-electron chi connectivity index (χ0n) is 28.7. The van der Waals surface area contributed by atoms with Crippen molar-refractivity contribution in [3.8, 4) is 22.3 Å². The Balaban J connectivity index is 1.13. The molecule has 2 aromatic heterocycles. The number of nitrogens with zero attached hydrogens (tertiary/aromatic N) is 1. The van der Waals surface area contributed by atoms with Crippen LogP contribution in [0.1, 0.15) is 0 Å². The number of anilines is 3. The van der Waals surface area contributed by atoms with Gasteiger partial charge < -0.3 is 13.7 Å². The zero-order valence-corrected chi connectivity index (χ0v) is 28.7. The van der Waals surface area contributed by atoms with Gasteiger partial charge in [0.1, 0.15) is 22.3 Å². The van der Waals surface area contributed by atoms with E-state index < -0.39 is 0 Å². The van der Waals surface area contributed by atoms with Gasteiger partial charge >= 0.3 is 0 Å². The second-order valence-corrected chi connectivity index (χ2v) is 13.7. The number of benzene rings is 9. The summed E-state index contributed by atoms with van der Waals surface area (Å²) in [5, 5.41) is 9.26. The Morgan fingerprint density at radius 3 is 1.74 bits per heavy atom. The van der Waals surface area contributed by atoms with Crippen molar-refractivity contribution in [3.05, 3.63) is 188 Å². The molecular weight excluding hydrogens is 647 g/mol. The molecule has 0 aliphatic rings. The number of rotatable bonds is 5. The van der Waals surface area contributed by atoms with Crippen molar-refractivity contribution in [1.82, 2.24) is 0 Å². The first-order valence-electron chi connectivity index (χ1n) is 18.0. The average molecular weight is 678 g/mol. The van der Waals surface area contributed by atoms with Crippen LogP contribution in [0.3, 0.4) is 0 Å². The normalized spacial score (nSPS) is 11.8. The molecule has 3 heteroatoms. The standard InChI is InChI=1S/C50H31NO2/c1-2-11-34(12-3-1)44-31-49-50(43-15-7-9-17-47(43)53-49)45-29-38(24-26-40(44)45)51(39-25-27-42-41-14-6-8-16-46(41)52-48(42)30-39)37-22-20-33(21-23-37)36-19-18-32-10-4-5-13-35(32)28-36/h1-31H. The lowest BCUT2D eigenvalue weighted by atomic mass is 9.94. The van der Waals surface area contributed by atoms with Crippen LogP contribution in [0.25, 0.3) is 87.7 Å². The summed E-state index contributed by atoms with van der Waals surface area (Å²) >= 11 is 0. The molecule has 0 amide bonds. The first-order chi connectivity index (χ1) is 26.2. The van der Waals surface area contributed by atoms with Gasteiger partial charge in [-0.05, 0) is 104 Å². The Kier molecular flexibility index (Phi) is 6.55. The minimum absolute atomic E-state index is 0.858. The van der Waals surface area contributed by atoms with E-state index in [0.29, 0.717) is 0 Å². The van der Waals surface area contributed by atoms with Gasteiger partial charge in [-0.25, -0.2) is 0 Å². The van der Waals surface area contributed by atoms with E-state index in [0.717, 1.165) is 77.5 Å². The Labute approximate surface area is 305 Å². The highest BCUT2D eigenvalue weighted by atomic mass is 16.3. The first-order valence-corrected chi connectivity index (χ1v) is 18.0. The van der Waals surface area contributed by atoms with Crippen LogP contribution >= 0.6 is 0 Å². The molecule has 0 saturated heterocycles. The molecule has 0 fully saturated rings. The van der Waals surface area contributed by atoms with E-state index in [1.54, 1.807) is 0 Å². The Bertz CT molecular complexity index is 3170. The number of hydrogen-bond donors (Lipinski definition) is 0. The van der Waals surface area contributed by atoms with Crippen molar-refractivity contribution in [2.24, 2.45) is 0 Å². The number of para-hydroxylation sites is 2. The predicted octanol–water partition coefficient (Wildman–Crippen LogP) is 14.6. The van der Waals surface area contributed by atoms with Crippen molar-refractivity contribution in [3.63, 3.8) is 0 Å². The zero-order chi connectivity index (χ0) is 34.9. The Hall–Kier alpha value is -7.10. The molecule has 0 unspecified atom stereocenters. The third-order valence-corrected chi connectivity index (χ3v) is 10.6. The summed E-state index contributed by atoms with van der Waals surface area (Å²) in [4.78, 5) is 2.33. The van der Waals surface area contributed by atoms with Crippen molar-refractivity contribution in [2.45, 2.75) is 0 Å². The maximum Gasteiger partial charge on any atom is 0.137 e. The van der Waals surface area contributed by atoms with Crippen LogP contribution in [0.5, 0.6) is 0 Å². The fourth-order valence-corrected chi connectivity index (χ4v) is 8.09. The molecule has 248 valence electrons. The van der Waals surface area contributed by atoms with Crippen LogP contribution in [0, 0.1) is 0 Å². The number of furan rings is 2. The topological polar surface area (TPSA) is 29.5 Å². The molecule has 2 heterocycles. The van der Waals surface area contributed by atoms with Gasteiger partial charge in [-0.15, -0.1) is 0 Å². The number of hydrogen-bond acceptors (Lipinski definition) is 3. The lowest BCUT2D eigenvalue weighted by Crippen LogP contribution is -2.10. The highest BCUT2D eigenvalue weighted by molar-refractivity contribution is 6.22. The van der Waals surface area contributed by atoms with Gasteiger partial charge in [-0.2, -0.15) is 0 Å². The predicted molar refractivity (Wildman–Crippen MR) is 222 cm³/mol.